The maximum absolute atomic E-state index is 12.5. The van der Waals surface area contributed by atoms with Crippen molar-refractivity contribution < 1.29 is 8.42 Å². The Labute approximate surface area is 150 Å². The van der Waals surface area contributed by atoms with Crippen molar-refractivity contribution in [2.75, 3.05) is 4.72 Å². The highest BCUT2D eigenvalue weighted by Crippen LogP contribution is 2.24. The molecule has 0 bridgehead atoms. The summed E-state index contributed by atoms with van der Waals surface area (Å²) in [5, 5.41) is 0. The number of halogens is 1. The number of aryl methyl sites for hydroxylation is 1. The topological polar surface area (TPSA) is 46.2 Å². The lowest BCUT2D eigenvalue weighted by Crippen LogP contribution is -2.12. The van der Waals surface area contributed by atoms with Crippen molar-refractivity contribution >= 4 is 31.6 Å². The molecular formula is C19H16BrNO2S. The molecule has 3 aromatic rings. The molecule has 3 rings (SSSR count). The molecule has 3 nitrogen and oxygen atoms in total. The molecule has 0 aliphatic carbocycles. The van der Waals surface area contributed by atoms with Crippen molar-refractivity contribution in [3.05, 3.63) is 82.8 Å². The summed E-state index contributed by atoms with van der Waals surface area (Å²) < 4.78 is 28.6. The van der Waals surface area contributed by atoms with E-state index in [0.29, 0.717) is 5.69 Å². The molecule has 0 spiro atoms. The van der Waals surface area contributed by atoms with Gasteiger partial charge in [0.05, 0.1) is 4.90 Å². The summed E-state index contributed by atoms with van der Waals surface area (Å²) in [5.74, 6) is 0. The van der Waals surface area contributed by atoms with Crippen LogP contribution in [0, 0.1) is 6.92 Å². The third-order valence-electron chi connectivity index (χ3n) is 3.61. The van der Waals surface area contributed by atoms with E-state index in [9.17, 15) is 8.42 Å². The Hall–Kier alpha value is -2.11. The van der Waals surface area contributed by atoms with Crippen LogP contribution in [0.4, 0.5) is 5.69 Å². The van der Waals surface area contributed by atoms with Crippen LogP contribution in [0.15, 0.2) is 82.2 Å². The van der Waals surface area contributed by atoms with Gasteiger partial charge in [0, 0.05) is 10.2 Å². The van der Waals surface area contributed by atoms with Gasteiger partial charge in [0.25, 0.3) is 10.0 Å². The largest absolute Gasteiger partial charge is 0.280 e. The van der Waals surface area contributed by atoms with Gasteiger partial charge in [-0.25, -0.2) is 8.42 Å². The van der Waals surface area contributed by atoms with Crippen LogP contribution in [-0.4, -0.2) is 8.42 Å². The lowest BCUT2D eigenvalue weighted by molar-refractivity contribution is 0.601. The van der Waals surface area contributed by atoms with Gasteiger partial charge in [0.2, 0.25) is 0 Å². The third kappa shape index (κ3) is 3.86. The van der Waals surface area contributed by atoms with Crippen LogP contribution >= 0.6 is 15.9 Å². The number of sulfonamides is 1. The Bertz CT molecular complexity index is 949. The number of anilines is 1. The van der Waals surface area contributed by atoms with Crippen molar-refractivity contribution in [1.29, 1.82) is 0 Å². The third-order valence-corrected chi connectivity index (χ3v) is 5.54. The summed E-state index contributed by atoms with van der Waals surface area (Å²) in [6, 6.07) is 22.0. The van der Waals surface area contributed by atoms with E-state index in [1.807, 2.05) is 55.5 Å². The van der Waals surface area contributed by atoms with E-state index >= 15 is 0 Å². The first-order valence-corrected chi connectivity index (χ1v) is 9.67. The summed E-state index contributed by atoms with van der Waals surface area (Å²) in [5.41, 5.74) is 3.57. The van der Waals surface area contributed by atoms with Crippen LogP contribution < -0.4 is 4.72 Å². The molecule has 0 radical (unpaired) electrons. The van der Waals surface area contributed by atoms with Gasteiger partial charge >= 0.3 is 0 Å². The first-order chi connectivity index (χ1) is 11.4. The van der Waals surface area contributed by atoms with E-state index in [2.05, 4.69) is 20.7 Å². The van der Waals surface area contributed by atoms with Gasteiger partial charge in [-0.3, -0.25) is 4.72 Å². The molecule has 0 fully saturated rings. The molecule has 0 aromatic heterocycles. The normalized spacial score (nSPS) is 11.2. The zero-order chi connectivity index (χ0) is 17.2. The quantitative estimate of drug-likeness (QED) is 0.650. The van der Waals surface area contributed by atoms with Gasteiger partial charge in [-0.1, -0.05) is 52.3 Å². The monoisotopic (exact) mass is 401 g/mol. The van der Waals surface area contributed by atoms with E-state index in [1.54, 1.807) is 24.3 Å². The minimum atomic E-state index is -3.59. The maximum Gasteiger partial charge on any atom is 0.261 e. The van der Waals surface area contributed by atoms with E-state index in [-0.39, 0.29) is 4.90 Å². The first-order valence-electron chi connectivity index (χ1n) is 7.39. The molecule has 0 amide bonds. The SMILES string of the molecule is Cc1cccc(NS(=O)(=O)c2ccc(-c3ccc(Br)cc3)cc2)c1. The van der Waals surface area contributed by atoms with Crippen molar-refractivity contribution in [3.63, 3.8) is 0 Å². The number of hydrogen-bond donors (Lipinski definition) is 1. The second-order valence-electron chi connectivity index (χ2n) is 5.51. The number of benzene rings is 3. The highest BCUT2D eigenvalue weighted by Gasteiger charge is 2.14. The van der Waals surface area contributed by atoms with Gasteiger partial charge in [-0.15, -0.1) is 0 Å². The summed E-state index contributed by atoms with van der Waals surface area (Å²) in [6.45, 7) is 1.92. The Balaban J connectivity index is 1.85. The molecule has 0 saturated heterocycles. The Kier molecular flexibility index (Phi) is 4.73. The molecule has 122 valence electrons. The summed E-state index contributed by atoms with van der Waals surface area (Å²) >= 11 is 3.40. The van der Waals surface area contributed by atoms with Crippen molar-refractivity contribution in [2.24, 2.45) is 0 Å². The molecule has 1 N–H and O–H groups in total. The second kappa shape index (κ2) is 6.79. The molecule has 0 atom stereocenters. The molecular weight excluding hydrogens is 386 g/mol. The van der Waals surface area contributed by atoms with E-state index in [0.717, 1.165) is 21.2 Å². The Morgan fingerprint density at radius 2 is 1.42 bits per heavy atom. The average Bonchev–Trinajstić information content (AvgIpc) is 2.55. The van der Waals surface area contributed by atoms with Crippen molar-refractivity contribution in [1.82, 2.24) is 0 Å². The molecule has 3 aromatic carbocycles. The Morgan fingerprint density at radius 3 is 2.00 bits per heavy atom. The van der Waals surface area contributed by atoms with Crippen LogP contribution in [0.1, 0.15) is 5.56 Å². The molecule has 0 heterocycles. The predicted octanol–water partition coefficient (Wildman–Crippen LogP) is 5.23. The lowest BCUT2D eigenvalue weighted by Gasteiger charge is -2.09. The van der Waals surface area contributed by atoms with Crippen LogP contribution in [0.5, 0.6) is 0 Å². The van der Waals surface area contributed by atoms with Gasteiger partial charge in [0.15, 0.2) is 0 Å². The number of hydrogen-bond acceptors (Lipinski definition) is 2. The first kappa shape index (κ1) is 16.7. The van der Waals surface area contributed by atoms with Crippen LogP contribution in [0.25, 0.3) is 11.1 Å². The van der Waals surface area contributed by atoms with E-state index in [4.69, 9.17) is 0 Å². The minimum Gasteiger partial charge on any atom is -0.280 e. The zero-order valence-electron chi connectivity index (χ0n) is 13.0. The van der Waals surface area contributed by atoms with Crippen LogP contribution in [-0.2, 0) is 10.0 Å². The fourth-order valence-electron chi connectivity index (χ4n) is 2.39. The van der Waals surface area contributed by atoms with Crippen LogP contribution in [0.2, 0.25) is 0 Å². The molecule has 0 unspecified atom stereocenters. The molecule has 0 saturated carbocycles. The molecule has 24 heavy (non-hydrogen) atoms. The second-order valence-corrected chi connectivity index (χ2v) is 8.10. The standard InChI is InChI=1S/C19H16BrNO2S/c1-14-3-2-4-18(13-14)21-24(22,23)19-11-7-16(8-12-19)15-5-9-17(20)10-6-15/h2-13,21H,1H3. The Morgan fingerprint density at radius 1 is 0.833 bits per heavy atom. The van der Waals surface area contributed by atoms with E-state index < -0.39 is 10.0 Å². The van der Waals surface area contributed by atoms with Crippen LogP contribution in [0.3, 0.4) is 0 Å². The fourth-order valence-corrected chi connectivity index (χ4v) is 3.71. The molecule has 0 aliphatic heterocycles. The maximum atomic E-state index is 12.5. The molecule has 5 heteroatoms. The highest BCUT2D eigenvalue weighted by atomic mass is 79.9. The minimum absolute atomic E-state index is 0.241. The number of nitrogens with one attached hydrogen (secondary N) is 1. The average molecular weight is 402 g/mol. The number of rotatable bonds is 4. The van der Waals surface area contributed by atoms with Gasteiger partial charge in [0.1, 0.15) is 0 Å². The summed E-state index contributed by atoms with van der Waals surface area (Å²) in [6.07, 6.45) is 0. The van der Waals surface area contributed by atoms with Gasteiger partial charge < -0.3 is 0 Å². The van der Waals surface area contributed by atoms with Crippen molar-refractivity contribution in [3.8, 4) is 11.1 Å². The fraction of sp³-hybridized carbons (Fsp3) is 0.0526. The van der Waals surface area contributed by atoms with E-state index in [1.165, 1.54) is 0 Å². The highest BCUT2D eigenvalue weighted by molar-refractivity contribution is 9.10. The molecule has 0 aliphatic rings. The predicted molar refractivity (Wildman–Crippen MR) is 102 cm³/mol. The van der Waals surface area contributed by atoms with Crippen molar-refractivity contribution in [2.45, 2.75) is 11.8 Å². The zero-order valence-corrected chi connectivity index (χ0v) is 15.4. The smallest absolute Gasteiger partial charge is 0.261 e. The summed E-state index contributed by atoms with van der Waals surface area (Å²) in [7, 11) is -3.59. The van der Waals surface area contributed by atoms with Gasteiger partial charge in [-0.05, 0) is 60.0 Å². The summed E-state index contributed by atoms with van der Waals surface area (Å²) in [4.78, 5) is 0.241. The lowest BCUT2D eigenvalue weighted by atomic mass is 10.1. The van der Waals surface area contributed by atoms with Gasteiger partial charge in [-0.2, -0.15) is 0 Å².